The molecule has 3 rings (SSSR count). The highest BCUT2D eigenvalue weighted by molar-refractivity contribution is 6.06. The fourth-order valence-electron chi connectivity index (χ4n) is 2.58. The molecule has 0 aliphatic rings. The Morgan fingerprint density at radius 3 is 2.32 bits per heavy atom. The van der Waals surface area contributed by atoms with E-state index in [2.05, 4.69) is 64.1 Å². The van der Waals surface area contributed by atoms with Crippen LogP contribution in [-0.2, 0) is 5.41 Å². The van der Waals surface area contributed by atoms with Gasteiger partial charge in [-0.25, -0.2) is 0 Å². The zero-order valence-electron chi connectivity index (χ0n) is 12.0. The van der Waals surface area contributed by atoms with Crippen molar-refractivity contribution in [2.24, 2.45) is 0 Å². The van der Waals surface area contributed by atoms with E-state index < -0.39 is 0 Å². The van der Waals surface area contributed by atoms with Gasteiger partial charge in [-0.1, -0.05) is 51.1 Å². The van der Waals surface area contributed by atoms with E-state index in [0.717, 1.165) is 11.2 Å². The van der Waals surface area contributed by atoms with Gasteiger partial charge in [0, 0.05) is 16.5 Å². The first-order valence-electron chi connectivity index (χ1n) is 6.76. The number of rotatable bonds is 0. The Morgan fingerprint density at radius 2 is 1.58 bits per heavy atom. The van der Waals surface area contributed by atoms with Crippen LogP contribution in [0.25, 0.3) is 21.7 Å². The lowest BCUT2D eigenvalue weighted by Gasteiger charge is -2.20. The molecule has 0 bridgehead atoms. The third-order valence-electron chi connectivity index (χ3n) is 3.76. The van der Waals surface area contributed by atoms with E-state index in [0.29, 0.717) is 0 Å². The Balaban J connectivity index is 2.42. The van der Waals surface area contributed by atoms with Gasteiger partial charge >= 0.3 is 0 Å². The van der Waals surface area contributed by atoms with E-state index in [9.17, 15) is 0 Å². The molecular formula is C18H19N. The molecule has 1 nitrogen and oxygen atoms in total. The van der Waals surface area contributed by atoms with Crippen LogP contribution in [0, 0.1) is 6.92 Å². The van der Waals surface area contributed by atoms with Gasteiger partial charge in [0.1, 0.15) is 0 Å². The molecule has 2 aromatic carbocycles. The predicted octanol–water partition coefficient (Wildman–Crippen LogP) is 4.99. The first kappa shape index (κ1) is 12.2. The molecule has 96 valence electrons. The van der Waals surface area contributed by atoms with Crippen LogP contribution in [0.1, 0.15) is 32.0 Å². The van der Waals surface area contributed by atoms with Gasteiger partial charge in [-0.15, -0.1) is 0 Å². The van der Waals surface area contributed by atoms with E-state index in [1.807, 2.05) is 6.07 Å². The number of aryl methyl sites for hydroxylation is 1. The molecule has 0 aliphatic heterocycles. The Bertz CT molecular complexity index is 764. The van der Waals surface area contributed by atoms with E-state index in [1.54, 1.807) is 0 Å². The van der Waals surface area contributed by atoms with Crippen molar-refractivity contribution in [2.45, 2.75) is 33.1 Å². The van der Waals surface area contributed by atoms with Crippen molar-refractivity contribution in [2.75, 3.05) is 0 Å². The number of aromatic nitrogens is 1. The fourth-order valence-corrected chi connectivity index (χ4v) is 2.58. The molecule has 3 aromatic rings. The zero-order chi connectivity index (χ0) is 13.6. The van der Waals surface area contributed by atoms with Gasteiger partial charge in [-0.3, -0.25) is 4.98 Å². The average molecular weight is 249 g/mol. The second-order valence-electron chi connectivity index (χ2n) is 6.22. The summed E-state index contributed by atoms with van der Waals surface area (Å²) in [7, 11) is 0. The summed E-state index contributed by atoms with van der Waals surface area (Å²) in [5.74, 6) is 0. The van der Waals surface area contributed by atoms with Crippen molar-refractivity contribution < 1.29 is 0 Å². The molecule has 19 heavy (non-hydrogen) atoms. The third kappa shape index (κ3) is 1.99. The Morgan fingerprint density at radius 1 is 0.842 bits per heavy atom. The molecule has 0 saturated heterocycles. The Kier molecular flexibility index (Phi) is 2.60. The Hall–Kier alpha value is -1.89. The van der Waals surface area contributed by atoms with E-state index in [4.69, 9.17) is 4.98 Å². The molecule has 0 spiro atoms. The maximum absolute atomic E-state index is 4.73. The highest BCUT2D eigenvalue weighted by Crippen LogP contribution is 2.30. The van der Waals surface area contributed by atoms with Crippen LogP contribution in [0.4, 0.5) is 0 Å². The van der Waals surface area contributed by atoms with Gasteiger partial charge in [0.2, 0.25) is 0 Å². The topological polar surface area (TPSA) is 12.9 Å². The molecule has 0 N–H and O–H groups in total. The molecular weight excluding hydrogens is 230 g/mol. The van der Waals surface area contributed by atoms with Crippen molar-refractivity contribution in [1.82, 2.24) is 4.98 Å². The minimum atomic E-state index is 0.173. The van der Waals surface area contributed by atoms with Gasteiger partial charge in [-0.2, -0.15) is 0 Å². The summed E-state index contributed by atoms with van der Waals surface area (Å²) >= 11 is 0. The maximum Gasteiger partial charge on any atom is 0.0711 e. The summed E-state index contributed by atoms with van der Waals surface area (Å²) in [4.78, 5) is 4.73. The monoisotopic (exact) mass is 249 g/mol. The minimum absolute atomic E-state index is 0.173. The lowest BCUT2D eigenvalue weighted by atomic mass is 9.85. The largest absolute Gasteiger partial charge is 0.252 e. The predicted molar refractivity (Wildman–Crippen MR) is 82.7 cm³/mol. The number of pyridine rings is 1. The van der Waals surface area contributed by atoms with Crippen molar-refractivity contribution in [1.29, 1.82) is 0 Å². The van der Waals surface area contributed by atoms with Crippen LogP contribution in [0.5, 0.6) is 0 Å². The molecule has 0 saturated carbocycles. The quantitative estimate of drug-likeness (QED) is 0.511. The van der Waals surface area contributed by atoms with Crippen LogP contribution in [0.3, 0.4) is 0 Å². The van der Waals surface area contributed by atoms with Crippen molar-refractivity contribution >= 4 is 21.7 Å². The summed E-state index contributed by atoms with van der Waals surface area (Å²) in [5.41, 5.74) is 3.72. The van der Waals surface area contributed by atoms with Crippen LogP contribution in [0.2, 0.25) is 0 Å². The molecule has 0 radical (unpaired) electrons. The van der Waals surface area contributed by atoms with E-state index in [-0.39, 0.29) is 5.41 Å². The van der Waals surface area contributed by atoms with Crippen LogP contribution >= 0.6 is 0 Å². The maximum atomic E-state index is 4.73. The van der Waals surface area contributed by atoms with Gasteiger partial charge in [0.25, 0.3) is 0 Å². The summed E-state index contributed by atoms with van der Waals surface area (Å²) in [5, 5.41) is 3.81. The summed E-state index contributed by atoms with van der Waals surface area (Å²) < 4.78 is 0. The molecule has 0 amide bonds. The van der Waals surface area contributed by atoms with Crippen LogP contribution in [-0.4, -0.2) is 4.98 Å². The van der Waals surface area contributed by atoms with Crippen molar-refractivity contribution in [3.8, 4) is 0 Å². The SMILES string of the molecule is Cc1nc2ccccc2c2ccc(C(C)(C)C)cc12. The lowest BCUT2D eigenvalue weighted by molar-refractivity contribution is 0.591. The molecule has 1 heteroatoms. The fraction of sp³-hybridized carbons (Fsp3) is 0.278. The highest BCUT2D eigenvalue weighted by atomic mass is 14.7. The van der Waals surface area contributed by atoms with Crippen LogP contribution < -0.4 is 0 Å². The molecule has 1 heterocycles. The number of benzene rings is 2. The normalized spacial score (nSPS) is 12.2. The number of fused-ring (bicyclic) bond motifs is 3. The first-order chi connectivity index (χ1) is 8.97. The number of hydrogen-bond donors (Lipinski definition) is 0. The van der Waals surface area contributed by atoms with Gasteiger partial charge in [0.15, 0.2) is 0 Å². The lowest BCUT2D eigenvalue weighted by Crippen LogP contribution is -2.10. The van der Waals surface area contributed by atoms with Crippen molar-refractivity contribution in [3.05, 3.63) is 53.7 Å². The first-order valence-corrected chi connectivity index (χ1v) is 6.76. The number of hydrogen-bond acceptors (Lipinski definition) is 1. The molecule has 0 fully saturated rings. The van der Waals surface area contributed by atoms with Gasteiger partial charge in [0.05, 0.1) is 5.52 Å². The average Bonchev–Trinajstić information content (AvgIpc) is 2.37. The second kappa shape index (κ2) is 4.06. The number of para-hydroxylation sites is 1. The number of nitrogens with zero attached hydrogens (tertiary/aromatic N) is 1. The smallest absolute Gasteiger partial charge is 0.0711 e. The summed E-state index contributed by atoms with van der Waals surface area (Å²) in [6.07, 6.45) is 0. The molecule has 0 unspecified atom stereocenters. The molecule has 1 aromatic heterocycles. The van der Waals surface area contributed by atoms with Gasteiger partial charge < -0.3 is 0 Å². The van der Waals surface area contributed by atoms with E-state index >= 15 is 0 Å². The Labute approximate surface area is 114 Å². The third-order valence-corrected chi connectivity index (χ3v) is 3.76. The minimum Gasteiger partial charge on any atom is -0.252 e. The summed E-state index contributed by atoms with van der Waals surface area (Å²) in [6, 6.07) is 15.1. The van der Waals surface area contributed by atoms with Crippen molar-refractivity contribution in [3.63, 3.8) is 0 Å². The summed E-state index contributed by atoms with van der Waals surface area (Å²) in [6.45, 7) is 8.84. The molecule has 0 aliphatic carbocycles. The standard InChI is InChI=1S/C18H19N/c1-12-16-11-13(18(2,3)4)9-10-14(16)15-7-5-6-8-17(15)19-12/h5-11H,1-4H3. The zero-order valence-corrected chi connectivity index (χ0v) is 12.0. The van der Waals surface area contributed by atoms with E-state index in [1.165, 1.54) is 21.7 Å². The molecule has 0 atom stereocenters. The second-order valence-corrected chi connectivity index (χ2v) is 6.22. The van der Waals surface area contributed by atoms with Crippen LogP contribution in [0.15, 0.2) is 42.5 Å². The highest BCUT2D eigenvalue weighted by Gasteiger charge is 2.15. The van der Waals surface area contributed by atoms with Gasteiger partial charge in [-0.05, 0) is 35.4 Å².